The van der Waals surface area contributed by atoms with E-state index in [0.717, 1.165) is 22.3 Å². The van der Waals surface area contributed by atoms with Gasteiger partial charge in [-0.3, -0.25) is 10.1 Å². The molecule has 5 nitrogen and oxygen atoms in total. The van der Waals surface area contributed by atoms with Gasteiger partial charge in [-0.25, -0.2) is 0 Å². The topological polar surface area (TPSA) is 70.6 Å². The zero-order valence-corrected chi connectivity index (χ0v) is 15.6. The molecule has 0 saturated carbocycles. The number of phenolic OH excluding ortho intramolecular Hbond substituents is 1. The van der Waals surface area contributed by atoms with Crippen LogP contribution < -0.4 is 15.4 Å². The molecule has 25 heavy (non-hydrogen) atoms. The van der Waals surface area contributed by atoms with Gasteiger partial charge in [0.1, 0.15) is 11.5 Å². The van der Waals surface area contributed by atoms with E-state index in [1.54, 1.807) is 12.1 Å². The molecule has 1 amide bonds. The highest BCUT2D eigenvalue weighted by molar-refractivity contribution is 7.80. The lowest BCUT2D eigenvalue weighted by atomic mass is 10.1. The smallest absolute Gasteiger partial charge is 0.264 e. The number of carbonyl (C=O) groups is 1. The van der Waals surface area contributed by atoms with Gasteiger partial charge in [-0.15, -0.1) is 0 Å². The SMILES string of the molecule is Cc1ccc(OCC(=O)NC(=S)Nc2cc(C)c(C)cc2O)c(C)c1. The van der Waals surface area contributed by atoms with Crippen molar-refractivity contribution in [2.75, 3.05) is 11.9 Å². The fourth-order valence-electron chi connectivity index (χ4n) is 2.32. The van der Waals surface area contributed by atoms with Crippen LogP contribution in [0.3, 0.4) is 0 Å². The number of carbonyl (C=O) groups excluding carboxylic acids is 1. The molecule has 0 saturated heterocycles. The van der Waals surface area contributed by atoms with Crippen LogP contribution in [-0.2, 0) is 4.79 Å². The molecule has 0 bridgehead atoms. The van der Waals surface area contributed by atoms with Gasteiger partial charge in [-0.2, -0.15) is 0 Å². The molecular weight excluding hydrogens is 336 g/mol. The maximum Gasteiger partial charge on any atom is 0.264 e. The van der Waals surface area contributed by atoms with Gasteiger partial charge in [0, 0.05) is 0 Å². The Labute approximate surface area is 153 Å². The van der Waals surface area contributed by atoms with Crippen LogP contribution in [0.4, 0.5) is 5.69 Å². The first kappa shape index (κ1) is 18.7. The average Bonchev–Trinajstić information content (AvgIpc) is 2.51. The fourth-order valence-corrected chi connectivity index (χ4v) is 2.55. The number of amides is 1. The Bertz CT molecular complexity index is 819. The number of hydrogen-bond acceptors (Lipinski definition) is 4. The van der Waals surface area contributed by atoms with Crippen molar-refractivity contribution in [1.29, 1.82) is 0 Å². The highest BCUT2D eigenvalue weighted by Gasteiger charge is 2.10. The standard InChI is InChI=1S/C19H22N2O3S/c1-11-5-6-17(14(4)7-11)24-10-18(23)21-19(25)20-15-8-12(2)13(3)9-16(15)22/h5-9,22H,10H2,1-4H3,(H2,20,21,23,25). The van der Waals surface area contributed by atoms with Crippen LogP contribution >= 0.6 is 12.2 Å². The Morgan fingerprint density at radius 3 is 2.44 bits per heavy atom. The minimum Gasteiger partial charge on any atom is -0.506 e. The summed E-state index contributed by atoms with van der Waals surface area (Å²) < 4.78 is 5.51. The lowest BCUT2D eigenvalue weighted by Gasteiger charge is -2.13. The number of hydrogen-bond donors (Lipinski definition) is 3. The summed E-state index contributed by atoms with van der Waals surface area (Å²) in [6.07, 6.45) is 0. The first-order chi connectivity index (χ1) is 11.8. The molecule has 132 valence electrons. The predicted molar refractivity (Wildman–Crippen MR) is 103 cm³/mol. The third kappa shape index (κ3) is 5.19. The fraction of sp³-hybridized carbons (Fsp3) is 0.263. The normalized spacial score (nSPS) is 10.2. The number of benzene rings is 2. The number of anilines is 1. The van der Waals surface area contributed by atoms with Crippen molar-refractivity contribution in [2.45, 2.75) is 27.7 Å². The van der Waals surface area contributed by atoms with Crippen LogP contribution in [0.15, 0.2) is 30.3 Å². The van der Waals surface area contributed by atoms with Crippen molar-refractivity contribution in [3.63, 3.8) is 0 Å². The zero-order valence-electron chi connectivity index (χ0n) is 14.8. The van der Waals surface area contributed by atoms with Crippen molar-refractivity contribution in [3.05, 3.63) is 52.6 Å². The van der Waals surface area contributed by atoms with E-state index in [0.29, 0.717) is 11.4 Å². The number of aryl methyl sites for hydroxylation is 4. The van der Waals surface area contributed by atoms with E-state index in [1.165, 1.54) is 0 Å². The summed E-state index contributed by atoms with van der Waals surface area (Å²) in [4.78, 5) is 12.0. The van der Waals surface area contributed by atoms with Crippen LogP contribution in [-0.4, -0.2) is 22.7 Å². The summed E-state index contributed by atoms with van der Waals surface area (Å²) in [5.74, 6) is 0.360. The summed E-state index contributed by atoms with van der Waals surface area (Å²) in [6.45, 7) is 7.61. The summed E-state index contributed by atoms with van der Waals surface area (Å²) in [7, 11) is 0. The van der Waals surface area contributed by atoms with Gasteiger partial charge >= 0.3 is 0 Å². The average molecular weight is 358 g/mol. The van der Waals surface area contributed by atoms with Crippen LogP contribution in [0.2, 0.25) is 0 Å². The number of aromatic hydroxyl groups is 1. The van der Waals surface area contributed by atoms with Gasteiger partial charge in [0.2, 0.25) is 0 Å². The van der Waals surface area contributed by atoms with Gasteiger partial charge in [-0.1, -0.05) is 17.7 Å². The van der Waals surface area contributed by atoms with E-state index < -0.39 is 0 Å². The van der Waals surface area contributed by atoms with Crippen molar-refractivity contribution in [2.24, 2.45) is 0 Å². The number of rotatable bonds is 4. The minimum absolute atomic E-state index is 0.0752. The molecule has 6 heteroatoms. The van der Waals surface area contributed by atoms with Gasteiger partial charge in [0.05, 0.1) is 5.69 Å². The number of ether oxygens (including phenoxy) is 1. The summed E-state index contributed by atoms with van der Waals surface area (Å²) in [6, 6.07) is 9.17. The molecule has 0 radical (unpaired) electrons. The van der Waals surface area contributed by atoms with Crippen molar-refractivity contribution >= 4 is 28.9 Å². The first-order valence-electron chi connectivity index (χ1n) is 7.87. The second-order valence-corrected chi connectivity index (χ2v) is 6.42. The maximum absolute atomic E-state index is 12.0. The predicted octanol–water partition coefficient (Wildman–Crippen LogP) is 3.52. The van der Waals surface area contributed by atoms with E-state index in [1.807, 2.05) is 45.9 Å². The van der Waals surface area contributed by atoms with Crippen molar-refractivity contribution in [3.8, 4) is 11.5 Å². The Morgan fingerprint density at radius 2 is 1.76 bits per heavy atom. The monoisotopic (exact) mass is 358 g/mol. The zero-order chi connectivity index (χ0) is 18.6. The molecule has 0 aliphatic rings. The molecular formula is C19H22N2O3S. The summed E-state index contributed by atoms with van der Waals surface area (Å²) in [5.41, 5.74) is 4.53. The Morgan fingerprint density at radius 1 is 1.08 bits per heavy atom. The number of nitrogens with one attached hydrogen (secondary N) is 2. The quantitative estimate of drug-likeness (QED) is 0.576. The highest BCUT2D eigenvalue weighted by Crippen LogP contribution is 2.26. The second-order valence-electron chi connectivity index (χ2n) is 6.01. The first-order valence-corrected chi connectivity index (χ1v) is 8.28. The van der Waals surface area contributed by atoms with E-state index >= 15 is 0 Å². The summed E-state index contributed by atoms with van der Waals surface area (Å²) in [5, 5.41) is 15.4. The minimum atomic E-state index is -0.374. The molecule has 0 aliphatic heterocycles. The Balaban J connectivity index is 1.90. The lowest BCUT2D eigenvalue weighted by Crippen LogP contribution is -2.37. The maximum atomic E-state index is 12.0. The Hall–Kier alpha value is -2.60. The molecule has 2 aromatic carbocycles. The molecule has 0 spiro atoms. The second kappa shape index (κ2) is 7.98. The van der Waals surface area contributed by atoms with Gasteiger partial charge in [-0.05, 0) is 74.8 Å². The van der Waals surface area contributed by atoms with E-state index in [-0.39, 0.29) is 23.4 Å². The Kier molecular flexibility index (Phi) is 5.98. The van der Waals surface area contributed by atoms with Crippen molar-refractivity contribution in [1.82, 2.24) is 5.32 Å². The molecule has 2 aromatic rings. The molecule has 3 N–H and O–H groups in total. The third-order valence-corrected chi connectivity index (χ3v) is 4.01. The molecule has 0 fully saturated rings. The molecule has 0 heterocycles. The summed E-state index contributed by atoms with van der Waals surface area (Å²) >= 11 is 5.11. The molecule has 0 unspecified atom stereocenters. The third-order valence-electron chi connectivity index (χ3n) is 3.80. The number of phenols is 1. The van der Waals surface area contributed by atoms with E-state index in [9.17, 15) is 9.90 Å². The van der Waals surface area contributed by atoms with Crippen LogP contribution in [0.25, 0.3) is 0 Å². The van der Waals surface area contributed by atoms with Crippen LogP contribution in [0, 0.1) is 27.7 Å². The lowest BCUT2D eigenvalue weighted by molar-refractivity contribution is -0.121. The van der Waals surface area contributed by atoms with Crippen molar-refractivity contribution < 1.29 is 14.6 Å². The van der Waals surface area contributed by atoms with Gasteiger partial charge < -0.3 is 15.2 Å². The van der Waals surface area contributed by atoms with Gasteiger partial charge in [0.15, 0.2) is 11.7 Å². The van der Waals surface area contributed by atoms with Gasteiger partial charge in [0.25, 0.3) is 5.91 Å². The highest BCUT2D eigenvalue weighted by atomic mass is 32.1. The van der Waals surface area contributed by atoms with E-state index in [4.69, 9.17) is 17.0 Å². The molecule has 0 aliphatic carbocycles. The van der Waals surface area contributed by atoms with Crippen LogP contribution in [0.5, 0.6) is 11.5 Å². The van der Waals surface area contributed by atoms with E-state index in [2.05, 4.69) is 10.6 Å². The largest absolute Gasteiger partial charge is 0.506 e. The van der Waals surface area contributed by atoms with Crippen LogP contribution in [0.1, 0.15) is 22.3 Å². The molecule has 0 atom stereocenters. The molecule has 2 rings (SSSR count). The molecule has 0 aromatic heterocycles. The number of thiocarbonyl (C=S) groups is 1.